The fourth-order valence-electron chi connectivity index (χ4n) is 4.44. The lowest BCUT2D eigenvalue weighted by molar-refractivity contribution is -0.134. The lowest BCUT2D eigenvalue weighted by Crippen LogP contribution is -2.40. The lowest BCUT2D eigenvalue weighted by atomic mass is 10.1. The SMILES string of the molecule is COc1ccc(-c2cn(-c3ccc(C)c(C)c3)c(NC(=O)CN(C(=O)Cc3ccccc3)C3CC3)n2)cc1. The predicted molar refractivity (Wildman–Crippen MR) is 149 cm³/mol. The number of anilines is 1. The van der Waals surface area contributed by atoms with Crippen LogP contribution in [0.25, 0.3) is 16.9 Å². The van der Waals surface area contributed by atoms with Crippen molar-refractivity contribution in [2.75, 3.05) is 19.0 Å². The number of hydrogen-bond acceptors (Lipinski definition) is 4. The standard InChI is InChI=1S/C31H32N4O3/c1-21-9-12-26(17-22(21)2)35-19-28(24-10-15-27(38-3)16-11-24)32-31(35)33-29(36)20-34(25-13-14-25)30(37)18-23-7-5-4-6-8-23/h4-12,15-17,19,25H,13-14,18,20H2,1-3H3,(H,32,33,36). The van der Waals surface area contributed by atoms with Crippen LogP contribution in [0.15, 0.2) is 79.0 Å². The Balaban J connectivity index is 1.40. The number of benzene rings is 3. The summed E-state index contributed by atoms with van der Waals surface area (Å²) in [5.74, 6) is 0.868. The number of rotatable bonds is 9. The lowest BCUT2D eigenvalue weighted by Gasteiger charge is -2.22. The second-order valence-electron chi connectivity index (χ2n) is 9.78. The van der Waals surface area contributed by atoms with E-state index in [0.29, 0.717) is 5.95 Å². The number of imidazole rings is 1. The van der Waals surface area contributed by atoms with Crippen molar-refractivity contribution in [3.63, 3.8) is 0 Å². The van der Waals surface area contributed by atoms with E-state index in [-0.39, 0.29) is 30.8 Å². The molecule has 1 aromatic heterocycles. The summed E-state index contributed by atoms with van der Waals surface area (Å²) in [4.78, 5) is 32.8. The smallest absolute Gasteiger partial charge is 0.246 e. The van der Waals surface area contributed by atoms with Gasteiger partial charge in [0, 0.05) is 23.5 Å². The van der Waals surface area contributed by atoms with Gasteiger partial charge in [-0.25, -0.2) is 4.98 Å². The second-order valence-corrected chi connectivity index (χ2v) is 9.78. The summed E-state index contributed by atoms with van der Waals surface area (Å²) < 4.78 is 7.17. The Hall–Kier alpha value is -4.39. The summed E-state index contributed by atoms with van der Waals surface area (Å²) in [7, 11) is 1.63. The summed E-state index contributed by atoms with van der Waals surface area (Å²) in [6, 6.07) is 23.5. The van der Waals surface area contributed by atoms with Crippen LogP contribution in [0.4, 0.5) is 5.95 Å². The van der Waals surface area contributed by atoms with E-state index in [9.17, 15) is 9.59 Å². The van der Waals surface area contributed by atoms with Crippen LogP contribution in [-0.2, 0) is 16.0 Å². The van der Waals surface area contributed by atoms with Crippen molar-refractivity contribution in [3.8, 4) is 22.7 Å². The highest BCUT2D eigenvalue weighted by molar-refractivity contribution is 5.94. The molecule has 7 nitrogen and oxygen atoms in total. The molecule has 0 aliphatic heterocycles. The van der Waals surface area contributed by atoms with Crippen LogP contribution in [0.2, 0.25) is 0 Å². The van der Waals surface area contributed by atoms with Crippen LogP contribution in [0.5, 0.6) is 5.75 Å². The van der Waals surface area contributed by atoms with Crippen molar-refractivity contribution < 1.29 is 14.3 Å². The van der Waals surface area contributed by atoms with Crippen molar-refractivity contribution >= 4 is 17.8 Å². The van der Waals surface area contributed by atoms with Gasteiger partial charge < -0.3 is 9.64 Å². The van der Waals surface area contributed by atoms with E-state index in [1.165, 1.54) is 5.56 Å². The number of carbonyl (C=O) groups excluding carboxylic acids is 2. The third kappa shape index (κ3) is 5.78. The first-order valence-electron chi connectivity index (χ1n) is 12.9. The zero-order valence-electron chi connectivity index (χ0n) is 22.0. The van der Waals surface area contributed by atoms with Crippen LogP contribution in [0.1, 0.15) is 29.5 Å². The number of aryl methyl sites for hydroxylation is 2. The number of methoxy groups -OCH3 is 1. The predicted octanol–water partition coefficient (Wildman–Crippen LogP) is 5.34. The van der Waals surface area contributed by atoms with E-state index >= 15 is 0 Å². The fraction of sp³-hybridized carbons (Fsp3) is 0.258. The van der Waals surface area contributed by atoms with Gasteiger partial charge in [-0.1, -0.05) is 36.4 Å². The monoisotopic (exact) mass is 508 g/mol. The molecule has 1 aliphatic rings. The highest BCUT2D eigenvalue weighted by Crippen LogP contribution is 2.29. The number of ether oxygens (including phenoxy) is 1. The van der Waals surface area contributed by atoms with Gasteiger partial charge in [0.2, 0.25) is 17.8 Å². The third-order valence-electron chi connectivity index (χ3n) is 6.93. The quantitative estimate of drug-likeness (QED) is 0.331. The Morgan fingerprint density at radius 2 is 1.74 bits per heavy atom. The van der Waals surface area contributed by atoms with Gasteiger partial charge in [-0.15, -0.1) is 0 Å². The van der Waals surface area contributed by atoms with Crippen molar-refractivity contribution in [2.24, 2.45) is 0 Å². The molecule has 7 heteroatoms. The van der Waals surface area contributed by atoms with Gasteiger partial charge >= 0.3 is 0 Å². The van der Waals surface area contributed by atoms with Crippen molar-refractivity contribution in [1.82, 2.24) is 14.5 Å². The minimum absolute atomic E-state index is 0.00596. The highest BCUT2D eigenvalue weighted by atomic mass is 16.5. The van der Waals surface area contributed by atoms with E-state index in [4.69, 9.17) is 9.72 Å². The molecule has 38 heavy (non-hydrogen) atoms. The minimum Gasteiger partial charge on any atom is -0.497 e. The second kappa shape index (κ2) is 10.9. The van der Waals surface area contributed by atoms with Gasteiger partial charge in [0.25, 0.3) is 0 Å². The minimum atomic E-state index is -0.268. The molecule has 1 saturated carbocycles. The van der Waals surface area contributed by atoms with Gasteiger partial charge in [0.15, 0.2) is 0 Å². The van der Waals surface area contributed by atoms with E-state index < -0.39 is 0 Å². The first-order chi connectivity index (χ1) is 18.4. The zero-order chi connectivity index (χ0) is 26.6. The average molecular weight is 509 g/mol. The van der Waals surface area contributed by atoms with Crippen molar-refractivity contribution in [3.05, 3.63) is 95.7 Å². The number of carbonyl (C=O) groups is 2. The van der Waals surface area contributed by atoms with E-state index in [0.717, 1.165) is 46.7 Å². The molecular weight excluding hydrogens is 476 g/mol. The van der Waals surface area contributed by atoms with Gasteiger partial charge in [0.05, 0.1) is 19.2 Å². The van der Waals surface area contributed by atoms with Gasteiger partial charge in [0.1, 0.15) is 12.3 Å². The third-order valence-corrected chi connectivity index (χ3v) is 6.93. The topological polar surface area (TPSA) is 76.5 Å². The van der Waals surface area contributed by atoms with Gasteiger partial charge in [-0.05, 0) is 79.8 Å². The molecule has 1 fully saturated rings. The molecule has 2 amide bonds. The maximum Gasteiger partial charge on any atom is 0.246 e. The number of nitrogens with one attached hydrogen (secondary N) is 1. The summed E-state index contributed by atoms with van der Waals surface area (Å²) in [6.07, 6.45) is 4.05. The van der Waals surface area contributed by atoms with Gasteiger partial charge in [-0.2, -0.15) is 0 Å². The highest BCUT2D eigenvalue weighted by Gasteiger charge is 2.34. The van der Waals surface area contributed by atoms with E-state index in [1.54, 1.807) is 12.0 Å². The normalized spacial score (nSPS) is 12.7. The fourth-order valence-corrected chi connectivity index (χ4v) is 4.44. The molecule has 1 N–H and O–H groups in total. The molecule has 4 aromatic rings. The Kier molecular flexibility index (Phi) is 7.26. The molecule has 0 spiro atoms. The molecule has 3 aromatic carbocycles. The summed E-state index contributed by atoms with van der Waals surface area (Å²) in [5, 5.41) is 2.98. The zero-order valence-corrected chi connectivity index (χ0v) is 22.0. The molecule has 0 unspecified atom stereocenters. The first kappa shape index (κ1) is 25.3. The summed E-state index contributed by atoms with van der Waals surface area (Å²) in [5.41, 5.74) is 5.80. The van der Waals surface area contributed by atoms with Crippen LogP contribution in [0, 0.1) is 13.8 Å². The van der Waals surface area contributed by atoms with Gasteiger partial charge in [-0.3, -0.25) is 19.5 Å². The first-order valence-corrected chi connectivity index (χ1v) is 12.9. The maximum atomic E-state index is 13.3. The van der Waals surface area contributed by atoms with Crippen LogP contribution < -0.4 is 10.1 Å². The molecule has 194 valence electrons. The van der Waals surface area contributed by atoms with Crippen LogP contribution in [-0.4, -0.2) is 46.0 Å². The largest absolute Gasteiger partial charge is 0.497 e. The van der Waals surface area contributed by atoms with E-state index in [2.05, 4.69) is 31.3 Å². The van der Waals surface area contributed by atoms with Crippen LogP contribution >= 0.6 is 0 Å². The summed E-state index contributed by atoms with van der Waals surface area (Å²) >= 11 is 0. The maximum absolute atomic E-state index is 13.3. The molecule has 1 heterocycles. The average Bonchev–Trinajstić information content (AvgIpc) is 3.69. The van der Waals surface area contributed by atoms with Crippen LogP contribution in [0.3, 0.4) is 0 Å². The Morgan fingerprint density at radius 3 is 2.39 bits per heavy atom. The molecular formula is C31H32N4O3. The van der Waals surface area contributed by atoms with Crippen molar-refractivity contribution in [1.29, 1.82) is 0 Å². The van der Waals surface area contributed by atoms with E-state index in [1.807, 2.05) is 71.4 Å². The number of hydrogen-bond donors (Lipinski definition) is 1. The Bertz CT molecular complexity index is 1440. The van der Waals surface area contributed by atoms with Crippen molar-refractivity contribution in [2.45, 2.75) is 39.2 Å². The molecule has 0 bridgehead atoms. The Labute approximate surface area is 223 Å². The molecule has 0 atom stereocenters. The number of aromatic nitrogens is 2. The molecule has 0 saturated heterocycles. The molecule has 0 radical (unpaired) electrons. The Morgan fingerprint density at radius 1 is 1.00 bits per heavy atom. The molecule has 5 rings (SSSR count). The number of amides is 2. The molecule has 1 aliphatic carbocycles. The summed E-state index contributed by atoms with van der Waals surface area (Å²) in [6.45, 7) is 4.12. The number of nitrogens with zero attached hydrogens (tertiary/aromatic N) is 3.